The van der Waals surface area contributed by atoms with Gasteiger partial charge in [0.1, 0.15) is 0 Å². The Hall–Kier alpha value is -4.44. The van der Waals surface area contributed by atoms with Crippen molar-refractivity contribution in [1.29, 1.82) is 0 Å². The van der Waals surface area contributed by atoms with E-state index in [9.17, 15) is 0 Å². The van der Waals surface area contributed by atoms with Gasteiger partial charge in [-0.15, -0.1) is 0 Å². The third-order valence-corrected chi connectivity index (χ3v) is 5.53. The molecule has 0 saturated heterocycles. The minimum Gasteiger partial charge on any atom is -0.236 e. The van der Waals surface area contributed by atoms with E-state index in [-0.39, 0.29) is 0 Å². The first-order valence-electron chi connectivity index (χ1n) is 10.5. The average molecular weight is 410 g/mol. The molecule has 0 atom stereocenters. The van der Waals surface area contributed by atoms with Gasteiger partial charge >= 0.3 is 0 Å². The van der Waals surface area contributed by atoms with Gasteiger partial charge in [0.25, 0.3) is 0 Å². The monoisotopic (exact) mass is 410 g/mol. The second-order valence-corrected chi connectivity index (χ2v) is 7.64. The van der Waals surface area contributed by atoms with Gasteiger partial charge < -0.3 is 0 Å². The van der Waals surface area contributed by atoms with Gasteiger partial charge in [0.05, 0.1) is 17.1 Å². The first-order valence-corrected chi connectivity index (χ1v) is 10.5. The molecule has 32 heavy (non-hydrogen) atoms. The van der Waals surface area contributed by atoms with Crippen molar-refractivity contribution in [1.82, 2.24) is 19.9 Å². The number of rotatable bonds is 3. The van der Waals surface area contributed by atoms with Crippen molar-refractivity contribution in [3.05, 3.63) is 109 Å². The lowest BCUT2D eigenvalue weighted by atomic mass is 10.1. The second-order valence-electron chi connectivity index (χ2n) is 7.64. The maximum absolute atomic E-state index is 4.83. The number of pyridine rings is 4. The number of aromatic nitrogens is 4. The summed E-state index contributed by atoms with van der Waals surface area (Å²) in [5.74, 6) is 0. The molecule has 4 heteroatoms. The third kappa shape index (κ3) is 3.38. The number of nitrogens with zero attached hydrogens (tertiary/aromatic N) is 4. The molecule has 6 aromatic rings. The van der Waals surface area contributed by atoms with Crippen molar-refractivity contribution >= 4 is 22.1 Å². The van der Waals surface area contributed by atoms with Crippen LogP contribution >= 0.6 is 0 Å². The van der Waals surface area contributed by atoms with Gasteiger partial charge in [-0.1, -0.05) is 60.7 Å². The van der Waals surface area contributed by atoms with Crippen LogP contribution in [0.5, 0.6) is 0 Å². The standard InChI is InChI=1S/C28H18N4/c1-3-7-19(8-4-1)24-16-13-22-17-23(18-29-27(22)30-24)26-15-12-21-11-14-25(31-28(21)32-26)20-9-5-2-6-10-20/h1-18H. The number of hydrogen-bond acceptors (Lipinski definition) is 4. The molecular formula is C28H18N4. The lowest BCUT2D eigenvalue weighted by molar-refractivity contribution is 1.26. The Kier molecular flexibility index (Phi) is 4.40. The molecule has 2 aromatic carbocycles. The van der Waals surface area contributed by atoms with Crippen LogP contribution < -0.4 is 0 Å². The van der Waals surface area contributed by atoms with E-state index in [0.29, 0.717) is 0 Å². The van der Waals surface area contributed by atoms with Gasteiger partial charge in [-0.3, -0.25) is 0 Å². The quantitative estimate of drug-likeness (QED) is 0.331. The molecule has 0 aliphatic heterocycles. The van der Waals surface area contributed by atoms with Crippen LogP contribution in [0.15, 0.2) is 109 Å². The zero-order valence-electron chi connectivity index (χ0n) is 17.2. The zero-order valence-corrected chi connectivity index (χ0v) is 17.2. The molecule has 0 fully saturated rings. The molecule has 150 valence electrons. The van der Waals surface area contributed by atoms with Gasteiger partial charge in [0.15, 0.2) is 11.3 Å². The second kappa shape index (κ2) is 7.67. The van der Waals surface area contributed by atoms with E-state index in [1.165, 1.54) is 0 Å². The molecule has 0 aliphatic rings. The molecule has 0 unspecified atom stereocenters. The number of benzene rings is 2. The Labute approximate surface area is 185 Å². The molecule has 4 nitrogen and oxygen atoms in total. The third-order valence-electron chi connectivity index (χ3n) is 5.53. The van der Waals surface area contributed by atoms with Gasteiger partial charge in [0.2, 0.25) is 0 Å². The summed E-state index contributed by atoms with van der Waals surface area (Å²) in [7, 11) is 0. The van der Waals surface area contributed by atoms with Crippen LogP contribution in [-0.2, 0) is 0 Å². The van der Waals surface area contributed by atoms with Crippen molar-refractivity contribution in [2.75, 3.05) is 0 Å². The Balaban J connectivity index is 1.40. The molecule has 0 bridgehead atoms. The van der Waals surface area contributed by atoms with Crippen LogP contribution in [-0.4, -0.2) is 19.9 Å². The molecule has 0 radical (unpaired) electrons. The fraction of sp³-hybridized carbons (Fsp3) is 0. The van der Waals surface area contributed by atoms with Crippen LogP contribution in [0.25, 0.3) is 55.8 Å². The molecule has 4 aromatic heterocycles. The Morgan fingerprint density at radius 1 is 0.406 bits per heavy atom. The van der Waals surface area contributed by atoms with E-state index in [4.69, 9.17) is 15.0 Å². The SMILES string of the molecule is c1ccc(-c2ccc3cc(-c4ccc5ccc(-c6ccccc6)nc5n4)cnc3n2)cc1. The Morgan fingerprint density at radius 3 is 1.50 bits per heavy atom. The van der Waals surface area contributed by atoms with Crippen LogP contribution in [0.2, 0.25) is 0 Å². The highest BCUT2D eigenvalue weighted by Crippen LogP contribution is 2.26. The normalized spacial score (nSPS) is 11.1. The summed E-state index contributed by atoms with van der Waals surface area (Å²) in [5, 5.41) is 1.99. The number of fused-ring (bicyclic) bond motifs is 2. The smallest absolute Gasteiger partial charge is 0.160 e. The maximum Gasteiger partial charge on any atom is 0.160 e. The van der Waals surface area contributed by atoms with E-state index in [1.807, 2.05) is 60.8 Å². The van der Waals surface area contributed by atoms with Gasteiger partial charge in [0, 0.05) is 33.7 Å². The average Bonchev–Trinajstić information content (AvgIpc) is 2.88. The molecule has 4 heterocycles. The van der Waals surface area contributed by atoms with Gasteiger partial charge in [-0.2, -0.15) is 0 Å². The first kappa shape index (κ1) is 18.3. The van der Waals surface area contributed by atoms with Crippen molar-refractivity contribution in [2.45, 2.75) is 0 Å². The molecule has 0 amide bonds. The molecule has 0 spiro atoms. The lowest BCUT2D eigenvalue weighted by Crippen LogP contribution is -1.93. The van der Waals surface area contributed by atoms with Crippen LogP contribution in [0.1, 0.15) is 0 Å². The lowest BCUT2D eigenvalue weighted by Gasteiger charge is -2.07. The minimum atomic E-state index is 0.723. The predicted molar refractivity (Wildman–Crippen MR) is 129 cm³/mol. The largest absolute Gasteiger partial charge is 0.236 e. The molecule has 0 N–H and O–H groups in total. The van der Waals surface area contributed by atoms with E-state index in [2.05, 4.69) is 53.5 Å². The highest BCUT2D eigenvalue weighted by atomic mass is 14.9. The summed E-state index contributed by atoms with van der Waals surface area (Å²) in [6, 6.07) is 34.6. The molecule has 6 rings (SSSR count). The Bertz CT molecular complexity index is 1560. The highest BCUT2D eigenvalue weighted by Gasteiger charge is 2.08. The molecular weight excluding hydrogens is 392 g/mol. The zero-order chi connectivity index (χ0) is 21.3. The van der Waals surface area contributed by atoms with Crippen LogP contribution in [0.3, 0.4) is 0 Å². The predicted octanol–water partition coefficient (Wildman–Crippen LogP) is 6.57. The fourth-order valence-electron chi connectivity index (χ4n) is 3.85. The van der Waals surface area contributed by atoms with Crippen LogP contribution in [0, 0.1) is 0 Å². The van der Waals surface area contributed by atoms with Gasteiger partial charge in [-0.05, 0) is 42.5 Å². The summed E-state index contributed by atoms with van der Waals surface area (Å²) in [6.45, 7) is 0. The van der Waals surface area contributed by atoms with E-state index >= 15 is 0 Å². The fourth-order valence-corrected chi connectivity index (χ4v) is 3.85. The van der Waals surface area contributed by atoms with Crippen molar-refractivity contribution in [3.8, 4) is 33.8 Å². The van der Waals surface area contributed by atoms with E-state index in [0.717, 1.165) is 55.8 Å². The summed E-state index contributed by atoms with van der Waals surface area (Å²) in [4.78, 5) is 19.0. The first-order chi connectivity index (χ1) is 15.8. The Morgan fingerprint density at radius 2 is 0.906 bits per heavy atom. The maximum atomic E-state index is 4.83. The topological polar surface area (TPSA) is 51.6 Å². The van der Waals surface area contributed by atoms with Crippen molar-refractivity contribution in [2.24, 2.45) is 0 Å². The summed E-state index contributed by atoms with van der Waals surface area (Å²) in [5.41, 5.74) is 7.22. The van der Waals surface area contributed by atoms with Gasteiger partial charge in [-0.25, -0.2) is 19.9 Å². The van der Waals surface area contributed by atoms with Crippen LogP contribution in [0.4, 0.5) is 0 Å². The molecule has 0 aliphatic carbocycles. The summed E-state index contributed by atoms with van der Waals surface area (Å²) in [6.07, 6.45) is 1.83. The molecule has 0 saturated carbocycles. The summed E-state index contributed by atoms with van der Waals surface area (Å²) < 4.78 is 0. The van der Waals surface area contributed by atoms with E-state index < -0.39 is 0 Å². The highest BCUT2D eigenvalue weighted by molar-refractivity contribution is 5.85. The minimum absolute atomic E-state index is 0.723. The summed E-state index contributed by atoms with van der Waals surface area (Å²) >= 11 is 0. The van der Waals surface area contributed by atoms with Crippen molar-refractivity contribution < 1.29 is 0 Å². The van der Waals surface area contributed by atoms with E-state index in [1.54, 1.807) is 0 Å². The van der Waals surface area contributed by atoms with Crippen molar-refractivity contribution in [3.63, 3.8) is 0 Å². The number of hydrogen-bond donors (Lipinski definition) is 0.